The van der Waals surface area contributed by atoms with Crippen LogP contribution in [0, 0.1) is 17.9 Å². The third-order valence-corrected chi connectivity index (χ3v) is 14.7. The number of aliphatic hydroxyl groups is 1. The fourth-order valence-corrected chi connectivity index (χ4v) is 12.1. The van der Waals surface area contributed by atoms with Crippen molar-refractivity contribution in [3.05, 3.63) is 78.3 Å². The van der Waals surface area contributed by atoms with Crippen molar-refractivity contribution in [2.75, 3.05) is 0 Å². The number of aromatic nitrogens is 2. The Bertz CT molecular complexity index is 1810. The molecule has 0 aliphatic heterocycles. The van der Waals surface area contributed by atoms with Crippen molar-refractivity contribution in [3.63, 3.8) is 0 Å². The van der Waals surface area contributed by atoms with Gasteiger partial charge in [0.15, 0.2) is 5.78 Å². The number of hydrogen-bond acceptors (Lipinski definition) is 5. The van der Waals surface area contributed by atoms with E-state index in [1.54, 1.807) is 10.7 Å². The fourth-order valence-electron chi connectivity index (χ4n) is 6.02. The molecule has 5 aromatic rings. The minimum Gasteiger partial charge on any atom is -0.512 e. The summed E-state index contributed by atoms with van der Waals surface area (Å²) < 4.78 is 4.12. The Morgan fingerprint density at radius 2 is 1.52 bits per heavy atom. The molecule has 0 saturated carbocycles. The summed E-state index contributed by atoms with van der Waals surface area (Å²) in [6.07, 6.45) is 6.62. The van der Waals surface area contributed by atoms with Crippen LogP contribution in [0.4, 0.5) is 0 Å². The summed E-state index contributed by atoms with van der Waals surface area (Å²) in [6.45, 7) is 12.6. The Labute approximate surface area is 295 Å². The molecule has 5 rings (SSSR count). The Morgan fingerprint density at radius 3 is 2.13 bits per heavy atom. The maximum atomic E-state index is 11.7. The molecular formula is C39H49GeIrN2O2S-. The molecule has 247 valence electrons. The van der Waals surface area contributed by atoms with Crippen molar-refractivity contribution in [2.45, 2.75) is 90.4 Å². The normalized spacial score (nSPS) is 12.2. The third kappa shape index (κ3) is 8.36. The Hall–Kier alpha value is -2.38. The van der Waals surface area contributed by atoms with Crippen LogP contribution in [-0.4, -0.2) is 34.1 Å². The number of allylic oxidation sites excluding steroid dienone is 2. The predicted octanol–water partition coefficient (Wildman–Crippen LogP) is 11.0. The van der Waals surface area contributed by atoms with Gasteiger partial charge >= 0.3 is 185 Å². The average Bonchev–Trinajstić information content (AvgIpc) is 3.40. The van der Waals surface area contributed by atoms with Gasteiger partial charge in [-0.2, -0.15) is 0 Å². The summed E-state index contributed by atoms with van der Waals surface area (Å²) in [5, 5.41) is 13.5. The molecule has 7 heteroatoms. The van der Waals surface area contributed by atoms with Gasteiger partial charge < -0.3 is 5.11 Å². The number of fused-ring (bicyclic) bond motifs is 4. The summed E-state index contributed by atoms with van der Waals surface area (Å²) in [5.41, 5.74) is 4.48. The summed E-state index contributed by atoms with van der Waals surface area (Å²) >= 11 is -0.144. The topological polar surface area (TPSA) is 63.1 Å². The van der Waals surface area contributed by atoms with Gasteiger partial charge in [-0.15, -0.1) is 0 Å². The van der Waals surface area contributed by atoms with Gasteiger partial charge in [0.25, 0.3) is 0 Å². The van der Waals surface area contributed by atoms with E-state index in [4.69, 9.17) is 9.97 Å². The Balaban J connectivity index is 0.000000309. The summed E-state index contributed by atoms with van der Waals surface area (Å²) in [5.74, 6) is 8.35. The Kier molecular flexibility index (Phi) is 13.8. The molecular weight excluding hydrogens is 825 g/mol. The van der Waals surface area contributed by atoms with Crippen molar-refractivity contribution in [2.24, 2.45) is 11.8 Å². The van der Waals surface area contributed by atoms with Gasteiger partial charge in [0.1, 0.15) is 0 Å². The van der Waals surface area contributed by atoms with E-state index >= 15 is 0 Å². The zero-order valence-electron chi connectivity index (χ0n) is 28.8. The van der Waals surface area contributed by atoms with E-state index in [2.05, 4.69) is 85.7 Å². The van der Waals surface area contributed by atoms with E-state index in [1.807, 2.05) is 39.0 Å². The van der Waals surface area contributed by atoms with Crippen LogP contribution in [0.2, 0.25) is 17.3 Å². The van der Waals surface area contributed by atoms with Crippen LogP contribution in [0.15, 0.2) is 66.7 Å². The quantitative estimate of drug-likeness (QED) is 0.0657. The molecule has 46 heavy (non-hydrogen) atoms. The zero-order valence-corrected chi connectivity index (χ0v) is 34.1. The summed E-state index contributed by atoms with van der Waals surface area (Å²) in [6, 6.07) is 21.2. The molecule has 2 aromatic heterocycles. The maximum Gasteiger partial charge on any atom is 0.162 e. The average molecular weight is 875 g/mol. The molecule has 0 bridgehead atoms. The minimum absolute atomic E-state index is 0. The van der Waals surface area contributed by atoms with Crippen LogP contribution in [0.1, 0.15) is 78.7 Å². The monoisotopic (exact) mass is 876 g/mol. The molecule has 2 heterocycles. The van der Waals surface area contributed by atoms with Crippen LogP contribution in [0.5, 0.6) is 0 Å². The van der Waals surface area contributed by atoms with Crippen LogP contribution in [0.25, 0.3) is 42.3 Å². The van der Waals surface area contributed by atoms with E-state index in [1.165, 1.54) is 31.8 Å². The molecule has 3 aromatic carbocycles. The first kappa shape index (κ1) is 38.1. The van der Waals surface area contributed by atoms with Gasteiger partial charge in [0, 0.05) is 38.0 Å². The fraction of sp³-hybridized carbons (Fsp3) is 0.410. The number of benzene rings is 3. The standard InChI is InChI=1S/C26H25GeN2S.C13H24O2.Ir/c1-16(2)21-14-18(13-17-9-6-7-10-19(17)21)23-26-24(29-15-28-23)20-11-8-12-22(25(20)30-26)27(3,4)5;1-5-10(6-2)12(14)9-13(15)11(7-3)8-4;/h6-12,14-16H,1-5H3;9-11,14H,5-8H2,1-4H3;/q-1;;/b;12-9-;. The Morgan fingerprint density at radius 1 is 0.891 bits per heavy atom. The SMILES string of the molecule is CC(C)c1cc(-c2ncnc3c2sc2[c]([Ge]([CH3])([CH3])[CH3])cccc23)[c-]c2ccccc12.CCC(CC)C(=O)/C=C(\O)C(CC)CC.[Ir]. The van der Waals surface area contributed by atoms with Crippen molar-refractivity contribution < 1.29 is 30.0 Å². The molecule has 0 unspecified atom stereocenters. The number of carbonyl (C=O) groups excluding carboxylic acids is 1. The first-order chi connectivity index (χ1) is 21.4. The number of carbonyl (C=O) groups is 1. The molecule has 4 nitrogen and oxygen atoms in total. The second-order valence-corrected chi connectivity index (χ2v) is 24.9. The molecule has 0 atom stereocenters. The van der Waals surface area contributed by atoms with E-state index < -0.39 is 13.3 Å². The van der Waals surface area contributed by atoms with Gasteiger partial charge in [0.05, 0.1) is 5.76 Å². The molecule has 1 radical (unpaired) electrons. The smallest absolute Gasteiger partial charge is 0.162 e. The molecule has 0 fully saturated rings. The number of thiophene rings is 1. The summed E-state index contributed by atoms with van der Waals surface area (Å²) in [4.78, 5) is 21.2. The molecule has 0 saturated heterocycles. The van der Waals surface area contributed by atoms with Gasteiger partial charge in [-0.1, -0.05) is 27.7 Å². The first-order valence-corrected chi connectivity index (χ1v) is 24.7. The van der Waals surface area contributed by atoms with Crippen molar-refractivity contribution in [1.82, 2.24) is 9.97 Å². The minimum atomic E-state index is -2.00. The van der Waals surface area contributed by atoms with E-state index in [9.17, 15) is 9.90 Å². The van der Waals surface area contributed by atoms with Gasteiger partial charge in [-0.05, 0) is 25.7 Å². The maximum absolute atomic E-state index is 11.7. The number of nitrogens with zero attached hydrogens (tertiary/aromatic N) is 2. The van der Waals surface area contributed by atoms with Crippen LogP contribution < -0.4 is 4.40 Å². The van der Waals surface area contributed by atoms with Gasteiger partial charge in [-0.25, -0.2) is 0 Å². The van der Waals surface area contributed by atoms with Crippen LogP contribution in [0.3, 0.4) is 0 Å². The largest absolute Gasteiger partial charge is 0.512 e. The molecule has 0 amide bonds. The second-order valence-electron chi connectivity index (χ2n) is 13.3. The molecule has 1 N–H and O–H groups in total. The van der Waals surface area contributed by atoms with Gasteiger partial charge in [0.2, 0.25) is 0 Å². The van der Waals surface area contributed by atoms with Crippen LogP contribution in [-0.2, 0) is 24.9 Å². The number of rotatable bonds is 10. The van der Waals surface area contributed by atoms with Crippen LogP contribution >= 0.6 is 11.3 Å². The molecule has 0 aliphatic rings. The van der Waals surface area contributed by atoms with Crippen molar-refractivity contribution in [1.29, 1.82) is 0 Å². The third-order valence-electron chi connectivity index (χ3n) is 8.85. The first-order valence-electron chi connectivity index (χ1n) is 16.5. The molecule has 0 spiro atoms. The van der Waals surface area contributed by atoms with E-state index in [0.29, 0.717) is 5.92 Å². The van der Waals surface area contributed by atoms with Gasteiger partial charge in [-0.3, -0.25) is 4.79 Å². The molecule has 0 aliphatic carbocycles. The zero-order chi connectivity index (χ0) is 32.9. The van der Waals surface area contributed by atoms with E-state index in [0.717, 1.165) is 47.8 Å². The number of ketones is 1. The number of hydrogen-bond donors (Lipinski definition) is 1. The van der Waals surface area contributed by atoms with E-state index in [-0.39, 0.29) is 43.5 Å². The predicted molar refractivity (Wildman–Crippen MR) is 198 cm³/mol. The summed E-state index contributed by atoms with van der Waals surface area (Å²) in [7, 11) is 0. The number of aliphatic hydroxyl groups excluding tert-OH is 1. The van der Waals surface area contributed by atoms with Crippen molar-refractivity contribution >= 4 is 65.9 Å². The van der Waals surface area contributed by atoms with Crippen molar-refractivity contribution in [3.8, 4) is 11.3 Å². The second kappa shape index (κ2) is 16.6.